The lowest BCUT2D eigenvalue weighted by atomic mass is 9.66. The van der Waals surface area contributed by atoms with Crippen molar-refractivity contribution in [2.45, 2.75) is 74.0 Å². The van der Waals surface area contributed by atoms with Crippen LogP contribution in [0.2, 0.25) is 0 Å². The second kappa shape index (κ2) is 13.8. The standard InChI is InChI=1S/C36H42O6/c1-40-31(37)13-10-22-34(16-4-5-17-34)28-25-29(35(18-6-7-19-35)23-11-14-32(38)41-2)27-30(26-28)36(20-8-9-21-36)24-12-15-33(39)42-3/h4-15,25-27H,16-24H2,1-3H3/b13-10+,14-11+,15-12+. The van der Waals surface area contributed by atoms with Crippen LogP contribution in [0.1, 0.15) is 74.5 Å². The normalized spacial score (nSPS) is 19.8. The maximum Gasteiger partial charge on any atom is 0.330 e. The fraction of sp³-hybridized carbons (Fsp3) is 0.417. The quantitative estimate of drug-likeness (QED) is 0.119. The molecule has 0 radical (unpaired) electrons. The zero-order valence-electron chi connectivity index (χ0n) is 25.0. The van der Waals surface area contributed by atoms with Gasteiger partial charge in [-0.15, -0.1) is 0 Å². The van der Waals surface area contributed by atoms with Gasteiger partial charge >= 0.3 is 17.9 Å². The molecule has 0 aromatic heterocycles. The Bertz CT molecular complexity index is 1140. The first-order valence-electron chi connectivity index (χ1n) is 14.7. The Balaban J connectivity index is 1.83. The Morgan fingerprint density at radius 1 is 0.524 bits per heavy atom. The molecule has 6 heteroatoms. The minimum Gasteiger partial charge on any atom is -0.466 e. The highest BCUT2D eigenvalue weighted by Crippen LogP contribution is 2.49. The van der Waals surface area contributed by atoms with E-state index in [0.29, 0.717) is 19.3 Å². The molecule has 3 aliphatic rings. The van der Waals surface area contributed by atoms with E-state index in [1.54, 1.807) is 0 Å². The number of carbonyl (C=O) groups is 3. The summed E-state index contributed by atoms with van der Waals surface area (Å²) in [6, 6.07) is 7.09. The van der Waals surface area contributed by atoms with E-state index in [4.69, 9.17) is 14.2 Å². The first kappa shape index (κ1) is 31.0. The highest BCUT2D eigenvalue weighted by molar-refractivity contribution is 5.82. The van der Waals surface area contributed by atoms with E-state index < -0.39 is 0 Å². The molecule has 0 spiro atoms. The maximum absolute atomic E-state index is 11.9. The van der Waals surface area contributed by atoms with E-state index in [0.717, 1.165) is 38.5 Å². The van der Waals surface area contributed by atoms with Gasteiger partial charge in [0.1, 0.15) is 0 Å². The van der Waals surface area contributed by atoms with Crippen molar-refractivity contribution in [2.24, 2.45) is 0 Å². The number of carbonyl (C=O) groups excluding carboxylic acids is 3. The predicted molar refractivity (Wildman–Crippen MR) is 164 cm³/mol. The summed E-state index contributed by atoms with van der Waals surface area (Å²) in [5.41, 5.74) is 3.21. The van der Waals surface area contributed by atoms with Gasteiger partial charge in [-0.05, 0) is 74.5 Å². The molecule has 0 amide bonds. The second-order valence-electron chi connectivity index (χ2n) is 11.7. The predicted octanol–water partition coefficient (Wildman–Crippen LogP) is 6.81. The maximum atomic E-state index is 11.9. The molecule has 0 N–H and O–H groups in total. The molecular weight excluding hydrogens is 528 g/mol. The summed E-state index contributed by atoms with van der Waals surface area (Å²) in [6.07, 6.45) is 31.1. The molecule has 0 bridgehead atoms. The average Bonchev–Trinajstić information content (AvgIpc) is 3.79. The van der Waals surface area contributed by atoms with Gasteiger partial charge in [0.25, 0.3) is 0 Å². The minimum atomic E-state index is -0.354. The highest BCUT2D eigenvalue weighted by atomic mass is 16.5. The van der Waals surface area contributed by atoms with Crippen molar-refractivity contribution in [3.05, 3.63) is 108 Å². The third-order valence-electron chi connectivity index (χ3n) is 9.21. The Hall–Kier alpha value is -3.93. The van der Waals surface area contributed by atoms with E-state index in [1.165, 1.54) is 56.2 Å². The first-order valence-corrected chi connectivity index (χ1v) is 14.7. The summed E-state index contributed by atoms with van der Waals surface area (Å²) >= 11 is 0. The van der Waals surface area contributed by atoms with E-state index >= 15 is 0 Å². The van der Waals surface area contributed by atoms with Gasteiger partial charge in [0.15, 0.2) is 0 Å². The SMILES string of the molecule is COC(=O)/C=C/CC1(c2cc(C3(C/C=C/C(=O)OC)CC=CC3)cc(C3(C/C=C/C(=O)OC)CC=CC3)c2)CC=CC1. The molecule has 0 saturated heterocycles. The van der Waals surface area contributed by atoms with Crippen LogP contribution in [0.5, 0.6) is 0 Å². The van der Waals surface area contributed by atoms with Crippen LogP contribution < -0.4 is 0 Å². The minimum absolute atomic E-state index is 0.181. The molecular formula is C36H42O6. The van der Waals surface area contributed by atoms with Gasteiger partial charge in [-0.3, -0.25) is 0 Å². The van der Waals surface area contributed by atoms with Gasteiger partial charge in [-0.2, -0.15) is 0 Å². The number of rotatable bonds is 12. The fourth-order valence-electron chi connectivity index (χ4n) is 6.56. The fourth-order valence-corrected chi connectivity index (χ4v) is 6.56. The van der Waals surface area contributed by atoms with Crippen LogP contribution in [0.3, 0.4) is 0 Å². The highest BCUT2D eigenvalue weighted by Gasteiger charge is 2.40. The zero-order valence-corrected chi connectivity index (χ0v) is 25.0. The third-order valence-corrected chi connectivity index (χ3v) is 9.21. The topological polar surface area (TPSA) is 78.9 Å². The van der Waals surface area contributed by atoms with E-state index in [1.807, 2.05) is 18.2 Å². The van der Waals surface area contributed by atoms with Crippen LogP contribution in [0, 0.1) is 0 Å². The second-order valence-corrected chi connectivity index (χ2v) is 11.7. The number of ether oxygens (including phenoxy) is 3. The van der Waals surface area contributed by atoms with E-state index in [-0.39, 0.29) is 34.2 Å². The van der Waals surface area contributed by atoms with Crippen molar-refractivity contribution in [1.82, 2.24) is 0 Å². The van der Waals surface area contributed by atoms with Crippen LogP contribution in [0.15, 0.2) is 91.1 Å². The van der Waals surface area contributed by atoms with E-state index in [9.17, 15) is 14.4 Å². The van der Waals surface area contributed by atoms with Gasteiger partial charge in [0.2, 0.25) is 0 Å². The van der Waals surface area contributed by atoms with Gasteiger partial charge < -0.3 is 14.2 Å². The number of allylic oxidation sites excluding steroid dienone is 9. The first-order chi connectivity index (χ1) is 20.3. The molecule has 4 rings (SSSR count). The number of hydrogen-bond acceptors (Lipinski definition) is 6. The lowest BCUT2D eigenvalue weighted by molar-refractivity contribution is -0.135. The van der Waals surface area contributed by atoms with Gasteiger partial charge in [0.05, 0.1) is 21.3 Å². The molecule has 1 aromatic rings. The molecule has 0 unspecified atom stereocenters. The van der Waals surface area contributed by atoms with Crippen LogP contribution in [-0.4, -0.2) is 39.2 Å². The van der Waals surface area contributed by atoms with Crippen LogP contribution in [-0.2, 0) is 44.8 Å². The number of methoxy groups -OCH3 is 3. The lowest BCUT2D eigenvalue weighted by Crippen LogP contribution is -2.29. The van der Waals surface area contributed by atoms with Crippen molar-refractivity contribution in [3.63, 3.8) is 0 Å². The molecule has 1 aromatic carbocycles. The molecule has 222 valence electrons. The molecule has 0 heterocycles. The average molecular weight is 571 g/mol. The molecule has 0 aliphatic heterocycles. The van der Waals surface area contributed by atoms with Crippen molar-refractivity contribution < 1.29 is 28.6 Å². The Morgan fingerprint density at radius 3 is 0.976 bits per heavy atom. The molecule has 6 nitrogen and oxygen atoms in total. The Morgan fingerprint density at radius 2 is 0.762 bits per heavy atom. The van der Waals surface area contributed by atoms with Crippen LogP contribution >= 0.6 is 0 Å². The summed E-state index contributed by atoms with van der Waals surface area (Å²) in [5, 5.41) is 0. The Kier molecular flexibility index (Phi) is 10.2. The van der Waals surface area contributed by atoms with E-state index in [2.05, 4.69) is 54.7 Å². The largest absolute Gasteiger partial charge is 0.466 e. The van der Waals surface area contributed by atoms with Crippen LogP contribution in [0.25, 0.3) is 0 Å². The monoisotopic (exact) mass is 570 g/mol. The summed E-state index contributed by atoms with van der Waals surface area (Å²) in [6.45, 7) is 0. The zero-order chi connectivity index (χ0) is 30.1. The molecule has 0 fully saturated rings. The molecule has 3 aliphatic carbocycles. The summed E-state index contributed by atoms with van der Waals surface area (Å²) in [4.78, 5) is 35.7. The third kappa shape index (κ3) is 6.92. The van der Waals surface area contributed by atoms with Crippen molar-refractivity contribution in [1.29, 1.82) is 0 Å². The van der Waals surface area contributed by atoms with Crippen molar-refractivity contribution in [2.75, 3.05) is 21.3 Å². The lowest BCUT2D eigenvalue weighted by Gasteiger charge is -2.37. The molecule has 0 atom stereocenters. The van der Waals surface area contributed by atoms with Gasteiger partial charge in [-0.1, -0.05) is 72.9 Å². The molecule has 42 heavy (non-hydrogen) atoms. The summed E-state index contributed by atoms with van der Waals surface area (Å²) in [7, 11) is 4.17. The number of benzene rings is 1. The number of hydrogen-bond donors (Lipinski definition) is 0. The number of esters is 3. The van der Waals surface area contributed by atoms with Crippen molar-refractivity contribution in [3.8, 4) is 0 Å². The smallest absolute Gasteiger partial charge is 0.330 e. The Labute approximate surface area is 249 Å². The summed E-state index contributed by atoms with van der Waals surface area (Å²) < 4.78 is 14.5. The summed E-state index contributed by atoms with van der Waals surface area (Å²) in [5.74, 6) is -1.06. The molecule has 0 saturated carbocycles. The van der Waals surface area contributed by atoms with Crippen molar-refractivity contribution >= 4 is 17.9 Å². The van der Waals surface area contributed by atoms with Gasteiger partial charge in [-0.25, -0.2) is 14.4 Å². The van der Waals surface area contributed by atoms with Gasteiger partial charge in [0, 0.05) is 34.5 Å². The van der Waals surface area contributed by atoms with Crippen LogP contribution in [0.4, 0.5) is 0 Å².